The Morgan fingerprint density at radius 3 is 2.90 bits per heavy atom. The van der Waals surface area contributed by atoms with E-state index < -0.39 is 5.82 Å². The number of aromatic nitrogens is 2. The van der Waals surface area contributed by atoms with Gasteiger partial charge in [-0.3, -0.25) is 4.79 Å². The Balaban J connectivity index is 1.60. The molecule has 0 spiro atoms. The fraction of sp³-hybridized carbons (Fsp3) is 0.357. The van der Waals surface area contributed by atoms with Gasteiger partial charge in [-0.25, -0.2) is 14.4 Å². The van der Waals surface area contributed by atoms with Gasteiger partial charge in [0.05, 0.1) is 23.8 Å². The smallest absolute Gasteiger partial charge is 0.316 e. The Morgan fingerprint density at radius 2 is 2.24 bits per heavy atom. The molecule has 2 aromatic heterocycles. The lowest BCUT2D eigenvalue weighted by atomic mass is 10.3. The molecule has 7 heteroatoms. The highest BCUT2D eigenvalue weighted by molar-refractivity contribution is 7.12. The van der Waals surface area contributed by atoms with Crippen LogP contribution in [0.15, 0.2) is 23.8 Å². The summed E-state index contributed by atoms with van der Waals surface area (Å²) >= 11 is 1.45. The van der Waals surface area contributed by atoms with Gasteiger partial charge in [-0.2, -0.15) is 0 Å². The van der Waals surface area contributed by atoms with Crippen molar-refractivity contribution in [2.24, 2.45) is 0 Å². The lowest BCUT2D eigenvalue weighted by Gasteiger charge is -2.15. The molecule has 0 bridgehead atoms. The second kappa shape index (κ2) is 5.77. The average molecular weight is 307 g/mol. The Bertz CT molecular complexity index is 644. The van der Waals surface area contributed by atoms with Crippen LogP contribution in [0, 0.1) is 12.7 Å². The zero-order valence-corrected chi connectivity index (χ0v) is 12.3. The average Bonchev–Trinajstić information content (AvgIpc) is 3.10. The van der Waals surface area contributed by atoms with E-state index in [-0.39, 0.29) is 18.0 Å². The Labute approximate surface area is 125 Å². The number of hydrogen-bond donors (Lipinski definition) is 0. The topological polar surface area (TPSA) is 55.3 Å². The van der Waals surface area contributed by atoms with Crippen molar-refractivity contribution in [3.05, 3.63) is 40.1 Å². The summed E-state index contributed by atoms with van der Waals surface area (Å²) in [4.78, 5) is 22.3. The quantitative estimate of drug-likeness (QED) is 0.873. The standard InChI is InChI=1S/C14H14FN3O2S/c1-9-4-12(21-8-9)13(19)18-3-2-11(7-18)20-14-16-5-10(15)6-17-14/h4-6,8,11H,2-3,7H2,1H3. The van der Waals surface area contributed by atoms with Crippen LogP contribution in [-0.2, 0) is 0 Å². The fourth-order valence-corrected chi connectivity index (χ4v) is 3.08. The van der Waals surface area contributed by atoms with Gasteiger partial charge in [0.1, 0.15) is 6.10 Å². The van der Waals surface area contributed by atoms with E-state index in [9.17, 15) is 9.18 Å². The summed E-state index contributed by atoms with van der Waals surface area (Å²) in [6, 6.07) is 2.03. The highest BCUT2D eigenvalue weighted by Crippen LogP contribution is 2.21. The van der Waals surface area contributed by atoms with Crippen molar-refractivity contribution in [1.29, 1.82) is 0 Å². The minimum absolute atomic E-state index is 0.0271. The van der Waals surface area contributed by atoms with E-state index in [2.05, 4.69) is 9.97 Å². The number of likely N-dealkylation sites (tertiary alicyclic amines) is 1. The Hall–Kier alpha value is -2.02. The third kappa shape index (κ3) is 3.18. The Kier molecular flexibility index (Phi) is 3.83. The molecule has 1 aliphatic rings. The molecular formula is C14H14FN3O2S. The number of rotatable bonds is 3. The van der Waals surface area contributed by atoms with Crippen LogP contribution in [0.1, 0.15) is 21.7 Å². The first kappa shape index (κ1) is 13.9. The molecule has 1 unspecified atom stereocenters. The molecule has 0 aliphatic carbocycles. The van der Waals surface area contributed by atoms with Gasteiger partial charge < -0.3 is 9.64 Å². The molecule has 1 atom stereocenters. The van der Waals surface area contributed by atoms with Gasteiger partial charge in [-0.05, 0) is 23.9 Å². The largest absolute Gasteiger partial charge is 0.458 e. The summed E-state index contributed by atoms with van der Waals surface area (Å²) in [6.07, 6.45) is 2.69. The SMILES string of the molecule is Cc1csc(C(=O)N2CCC(Oc3ncc(F)cn3)C2)c1. The number of hydrogen-bond acceptors (Lipinski definition) is 5. The van der Waals surface area contributed by atoms with Gasteiger partial charge >= 0.3 is 6.01 Å². The summed E-state index contributed by atoms with van der Waals surface area (Å²) < 4.78 is 18.3. The minimum Gasteiger partial charge on any atom is -0.458 e. The van der Waals surface area contributed by atoms with Crippen molar-refractivity contribution in [1.82, 2.24) is 14.9 Å². The molecule has 1 aliphatic heterocycles. The number of thiophene rings is 1. The van der Waals surface area contributed by atoms with Crippen LogP contribution in [0.2, 0.25) is 0 Å². The number of amides is 1. The van der Waals surface area contributed by atoms with Gasteiger partial charge in [-0.1, -0.05) is 0 Å². The molecule has 2 aromatic rings. The monoisotopic (exact) mass is 307 g/mol. The van der Waals surface area contributed by atoms with Gasteiger partial charge in [0.25, 0.3) is 5.91 Å². The van der Waals surface area contributed by atoms with Crippen molar-refractivity contribution >= 4 is 17.2 Å². The lowest BCUT2D eigenvalue weighted by Crippen LogP contribution is -2.30. The molecule has 0 aromatic carbocycles. The molecule has 3 heterocycles. The normalized spacial score (nSPS) is 18.0. The zero-order valence-electron chi connectivity index (χ0n) is 11.5. The van der Waals surface area contributed by atoms with E-state index in [1.807, 2.05) is 18.4 Å². The minimum atomic E-state index is -0.501. The molecular weight excluding hydrogens is 293 g/mol. The fourth-order valence-electron chi connectivity index (χ4n) is 2.22. The molecule has 1 amide bonds. The third-order valence-corrected chi connectivity index (χ3v) is 4.28. The molecule has 21 heavy (non-hydrogen) atoms. The first-order valence-electron chi connectivity index (χ1n) is 6.60. The van der Waals surface area contributed by atoms with Crippen LogP contribution >= 0.6 is 11.3 Å². The number of carbonyl (C=O) groups excluding carboxylic acids is 1. The van der Waals surface area contributed by atoms with Crippen LogP contribution in [-0.4, -0.2) is 40.0 Å². The molecule has 0 N–H and O–H groups in total. The molecule has 3 rings (SSSR count). The molecule has 1 fully saturated rings. The van der Waals surface area contributed by atoms with Crippen molar-refractivity contribution < 1.29 is 13.9 Å². The maximum Gasteiger partial charge on any atom is 0.316 e. The van der Waals surface area contributed by atoms with E-state index in [4.69, 9.17) is 4.74 Å². The van der Waals surface area contributed by atoms with Crippen molar-refractivity contribution in [2.45, 2.75) is 19.4 Å². The number of aryl methyl sites for hydroxylation is 1. The van der Waals surface area contributed by atoms with Gasteiger partial charge in [0, 0.05) is 13.0 Å². The van der Waals surface area contributed by atoms with E-state index in [0.29, 0.717) is 13.1 Å². The second-order valence-electron chi connectivity index (χ2n) is 4.95. The summed E-state index contributed by atoms with van der Waals surface area (Å²) in [7, 11) is 0. The highest BCUT2D eigenvalue weighted by Gasteiger charge is 2.29. The summed E-state index contributed by atoms with van der Waals surface area (Å²) in [5.74, 6) is -0.474. The summed E-state index contributed by atoms with van der Waals surface area (Å²) in [5.41, 5.74) is 1.09. The van der Waals surface area contributed by atoms with Crippen molar-refractivity contribution in [2.75, 3.05) is 13.1 Å². The van der Waals surface area contributed by atoms with Crippen LogP contribution in [0.4, 0.5) is 4.39 Å². The Morgan fingerprint density at radius 1 is 1.48 bits per heavy atom. The van der Waals surface area contributed by atoms with E-state index >= 15 is 0 Å². The lowest BCUT2D eigenvalue weighted by molar-refractivity contribution is 0.0774. The van der Waals surface area contributed by atoms with Crippen molar-refractivity contribution in [3.63, 3.8) is 0 Å². The maximum atomic E-state index is 12.7. The summed E-state index contributed by atoms with van der Waals surface area (Å²) in [5, 5.41) is 1.96. The van der Waals surface area contributed by atoms with Gasteiger partial charge in [0.2, 0.25) is 0 Å². The predicted molar refractivity (Wildman–Crippen MR) is 76.0 cm³/mol. The second-order valence-corrected chi connectivity index (χ2v) is 5.86. The van der Waals surface area contributed by atoms with Gasteiger partial charge in [0.15, 0.2) is 5.82 Å². The van der Waals surface area contributed by atoms with Crippen LogP contribution < -0.4 is 4.74 Å². The first-order valence-corrected chi connectivity index (χ1v) is 7.48. The van der Waals surface area contributed by atoms with E-state index in [1.165, 1.54) is 11.3 Å². The number of nitrogens with zero attached hydrogens (tertiary/aromatic N) is 3. The molecule has 110 valence electrons. The van der Waals surface area contributed by atoms with Crippen LogP contribution in [0.25, 0.3) is 0 Å². The molecule has 5 nitrogen and oxygen atoms in total. The van der Waals surface area contributed by atoms with E-state index in [1.54, 1.807) is 4.90 Å². The van der Waals surface area contributed by atoms with Gasteiger partial charge in [-0.15, -0.1) is 11.3 Å². The molecule has 0 radical (unpaired) electrons. The number of ether oxygens (including phenoxy) is 1. The van der Waals surface area contributed by atoms with Crippen molar-refractivity contribution in [3.8, 4) is 6.01 Å². The van der Waals surface area contributed by atoms with Crippen LogP contribution in [0.5, 0.6) is 6.01 Å². The summed E-state index contributed by atoms with van der Waals surface area (Å²) in [6.45, 7) is 3.10. The first-order chi connectivity index (χ1) is 10.1. The maximum absolute atomic E-state index is 12.7. The number of halogens is 1. The predicted octanol–water partition coefficient (Wildman–Crippen LogP) is 2.28. The zero-order chi connectivity index (χ0) is 14.8. The molecule has 0 saturated carbocycles. The molecule has 1 saturated heterocycles. The third-order valence-electron chi connectivity index (χ3n) is 3.24. The van der Waals surface area contributed by atoms with E-state index in [0.717, 1.165) is 29.3 Å². The number of carbonyl (C=O) groups is 1. The highest BCUT2D eigenvalue weighted by atomic mass is 32.1. The van der Waals surface area contributed by atoms with Crippen LogP contribution in [0.3, 0.4) is 0 Å².